The minimum atomic E-state index is -4.35. The van der Waals surface area contributed by atoms with Gasteiger partial charge in [-0.15, -0.1) is 23.2 Å². The fourth-order valence-electron chi connectivity index (χ4n) is 1.55. The van der Waals surface area contributed by atoms with Crippen molar-refractivity contribution in [2.75, 3.05) is 0 Å². The van der Waals surface area contributed by atoms with E-state index in [2.05, 4.69) is 15.9 Å². The predicted molar refractivity (Wildman–Crippen MR) is 60.9 cm³/mol. The van der Waals surface area contributed by atoms with E-state index in [1.165, 1.54) is 12.1 Å². The molecule has 0 saturated heterocycles. The molecule has 16 heavy (non-hydrogen) atoms. The number of hydrogen-bond acceptors (Lipinski definition) is 0. The van der Waals surface area contributed by atoms with Crippen molar-refractivity contribution in [2.24, 2.45) is 0 Å². The quantitative estimate of drug-likeness (QED) is 0.625. The van der Waals surface area contributed by atoms with Crippen molar-refractivity contribution in [3.63, 3.8) is 0 Å². The van der Waals surface area contributed by atoms with Gasteiger partial charge in [0.05, 0.1) is 5.56 Å². The van der Waals surface area contributed by atoms with Crippen LogP contribution in [-0.4, -0.2) is 4.33 Å². The molecule has 1 aromatic rings. The summed E-state index contributed by atoms with van der Waals surface area (Å²) < 4.78 is 36.6. The first-order chi connectivity index (χ1) is 7.22. The molecule has 1 unspecified atom stereocenters. The summed E-state index contributed by atoms with van der Waals surface area (Å²) >= 11 is 14.6. The Bertz CT molecular complexity index is 429. The summed E-state index contributed by atoms with van der Waals surface area (Å²) in [5, 5.41) is 0. The number of benzene rings is 1. The highest BCUT2D eigenvalue weighted by molar-refractivity contribution is 9.10. The summed E-state index contributed by atoms with van der Waals surface area (Å²) in [4.78, 5) is 0. The van der Waals surface area contributed by atoms with Gasteiger partial charge in [0.2, 0.25) is 0 Å². The first kappa shape index (κ1) is 12.5. The van der Waals surface area contributed by atoms with Crippen molar-refractivity contribution in [2.45, 2.75) is 22.8 Å². The van der Waals surface area contributed by atoms with Crippen LogP contribution in [0.3, 0.4) is 0 Å². The molecule has 1 atom stereocenters. The second-order valence-corrected chi connectivity index (χ2v) is 6.15. The third-order valence-electron chi connectivity index (χ3n) is 2.53. The molecule has 0 nitrogen and oxygen atoms in total. The van der Waals surface area contributed by atoms with Crippen molar-refractivity contribution >= 4 is 39.1 Å². The summed E-state index contributed by atoms with van der Waals surface area (Å²) in [5.41, 5.74) is 0.0384. The molecular formula is C10H6BrCl2F3. The molecule has 1 fully saturated rings. The summed E-state index contributed by atoms with van der Waals surface area (Å²) in [6.07, 6.45) is -3.77. The van der Waals surface area contributed by atoms with Gasteiger partial charge < -0.3 is 0 Å². The highest BCUT2D eigenvalue weighted by Gasteiger charge is 2.52. The highest BCUT2D eigenvalue weighted by atomic mass is 79.9. The maximum Gasteiger partial charge on any atom is 0.417 e. The molecule has 2 rings (SSSR count). The van der Waals surface area contributed by atoms with Gasteiger partial charge >= 0.3 is 6.18 Å². The Labute approximate surface area is 109 Å². The molecule has 0 spiro atoms. The van der Waals surface area contributed by atoms with Gasteiger partial charge in [-0.2, -0.15) is 13.2 Å². The van der Waals surface area contributed by atoms with Crippen molar-refractivity contribution in [1.29, 1.82) is 0 Å². The lowest BCUT2D eigenvalue weighted by molar-refractivity contribution is -0.138. The van der Waals surface area contributed by atoms with Crippen LogP contribution >= 0.6 is 39.1 Å². The van der Waals surface area contributed by atoms with E-state index in [0.717, 1.165) is 11.6 Å². The van der Waals surface area contributed by atoms with Gasteiger partial charge in [0.1, 0.15) is 4.33 Å². The third-order valence-corrected chi connectivity index (χ3v) is 4.02. The van der Waals surface area contributed by atoms with Crippen molar-refractivity contribution in [3.05, 3.63) is 33.8 Å². The van der Waals surface area contributed by atoms with Crippen LogP contribution in [0.5, 0.6) is 0 Å². The summed E-state index contributed by atoms with van der Waals surface area (Å²) in [6.45, 7) is 0. The number of hydrogen-bond donors (Lipinski definition) is 0. The van der Waals surface area contributed by atoms with Crippen LogP contribution in [0, 0.1) is 0 Å². The zero-order chi connectivity index (χ0) is 12.1. The Morgan fingerprint density at radius 1 is 1.31 bits per heavy atom. The molecular weight excluding hydrogens is 328 g/mol. The van der Waals surface area contributed by atoms with E-state index >= 15 is 0 Å². The second-order valence-electron chi connectivity index (χ2n) is 3.75. The predicted octanol–water partition coefficient (Wildman–Crippen LogP) is 5.13. The van der Waals surface area contributed by atoms with Crippen LogP contribution in [0.15, 0.2) is 22.7 Å². The Kier molecular flexibility index (Phi) is 2.96. The zero-order valence-corrected chi connectivity index (χ0v) is 10.9. The SMILES string of the molecule is FC(F)(F)c1ccc(C2CC2(Cl)Cl)cc1Br. The van der Waals surface area contributed by atoms with Crippen LogP contribution in [0.1, 0.15) is 23.5 Å². The molecule has 1 aromatic carbocycles. The van der Waals surface area contributed by atoms with Gasteiger partial charge in [-0.1, -0.05) is 22.0 Å². The average molecular weight is 334 g/mol. The van der Waals surface area contributed by atoms with Crippen LogP contribution in [0.2, 0.25) is 0 Å². The molecule has 0 amide bonds. The molecule has 1 aliphatic carbocycles. The molecule has 0 bridgehead atoms. The van der Waals surface area contributed by atoms with E-state index in [1.54, 1.807) is 0 Å². The molecule has 0 heterocycles. The van der Waals surface area contributed by atoms with Gasteiger partial charge in [-0.05, 0) is 24.1 Å². The first-order valence-electron chi connectivity index (χ1n) is 4.46. The number of halogens is 6. The number of alkyl halides is 5. The standard InChI is InChI=1S/C10H6BrCl2F3/c11-8-3-5(7-4-9(7,12)13)1-2-6(8)10(14,15)16/h1-3,7H,4H2. The Morgan fingerprint density at radius 3 is 2.25 bits per heavy atom. The van der Waals surface area contributed by atoms with E-state index in [4.69, 9.17) is 23.2 Å². The monoisotopic (exact) mass is 332 g/mol. The summed E-state index contributed by atoms with van der Waals surface area (Å²) in [6, 6.07) is 3.90. The van der Waals surface area contributed by atoms with Crippen LogP contribution in [-0.2, 0) is 6.18 Å². The van der Waals surface area contributed by atoms with E-state index in [9.17, 15) is 13.2 Å². The van der Waals surface area contributed by atoms with Crippen LogP contribution in [0.4, 0.5) is 13.2 Å². The van der Waals surface area contributed by atoms with Crippen molar-refractivity contribution < 1.29 is 13.2 Å². The average Bonchev–Trinajstić information content (AvgIpc) is 2.72. The van der Waals surface area contributed by atoms with Gasteiger partial charge in [-0.3, -0.25) is 0 Å². The Morgan fingerprint density at radius 2 is 1.88 bits per heavy atom. The van der Waals surface area contributed by atoms with Gasteiger partial charge in [0, 0.05) is 10.4 Å². The van der Waals surface area contributed by atoms with E-state index < -0.39 is 16.1 Å². The highest BCUT2D eigenvalue weighted by Crippen LogP contribution is 2.59. The molecule has 0 radical (unpaired) electrons. The lowest BCUT2D eigenvalue weighted by Gasteiger charge is -2.10. The van der Waals surface area contributed by atoms with Gasteiger partial charge in [-0.25, -0.2) is 0 Å². The summed E-state index contributed by atoms with van der Waals surface area (Å²) in [5.74, 6) is -0.0746. The fraction of sp³-hybridized carbons (Fsp3) is 0.400. The maximum atomic E-state index is 12.5. The molecule has 0 N–H and O–H groups in total. The summed E-state index contributed by atoms with van der Waals surface area (Å²) in [7, 11) is 0. The van der Waals surface area contributed by atoms with Gasteiger partial charge in [0.25, 0.3) is 0 Å². The first-order valence-corrected chi connectivity index (χ1v) is 6.01. The van der Waals surface area contributed by atoms with E-state index in [0.29, 0.717) is 6.42 Å². The number of rotatable bonds is 1. The third kappa shape index (κ3) is 2.34. The maximum absolute atomic E-state index is 12.5. The molecule has 88 valence electrons. The fourth-order valence-corrected chi connectivity index (χ4v) is 2.73. The minimum Gasteiger partial charge on any atom is -0.166 e. The van der Waals surface area contributed by atoms with Crippen molar-refractivity contribution in [1.82, 2.24) is 0 Å². The zero-order valence-electron chi connectivity index (χ0n) is 7.78. The topological polar surface area (TPSA) is 0 Å². The van der Waals surface area contributed by atoms with E-state index in [1.807, 2.05) is 0 Å². The molecule has 1 aliphatic rings. The Hall–Kier alpha value is 0.0700. The normalized spacial score (nSPS) is 23.2. The van der Waals surface area contributed by atoms with Gasteiger partial charge in [0.15, 0.2) is 0 Å². The minimum absolute atomic E-state index is 0.0218. The second kappa shape index (κ2) is 3.79. The molecule has 1 saturated carbocycles. The van der Waals surface area contributed by atoms with Crippen molar-refractivity contribution in [3.8, 4) is 0 Å². The lowest BCUT2D eigenvalue weighted by Crippen LogP contribution is -2.06. The van der Waals surface area contributed by atoms with Crippen LogP contribution < -0.4 is 0 Å². The molecule has 0 aliphatic heterocycles. The van der Waals surface area contributed by atoms with E-state index in [-0.39, 0.29) is 10.4 Å². The van der Waals surface area contributed by atoms with Crippen LogP contribution in [0.25, 0.3) is 0 Å². The Balaban J connectivity index is 2.31. The lowest BCUT2D eigenvalue weighted by atomic mass is 10.1. The smallest absolute Gasteiger partial charge is 0.166 e. The largest absolute Gasteiger partial charge is 0.417 e. The molecule has 0 aromatic heterocycles. The molecule has 6 heteroatoms.